The zero-order chi connectivity index (χ0) is 22.6. The topological polar surface area (TPSA) is 99.6 Å². The first-order valence-corrected chi connectivity index (χ1v) is 11.9. The third kappa shape index (κ3) is 5.03. The van der Waals surface area contributed by atoms with Crippen molar-refractivity contribution in [2.24, 2.45) is 0 Å². The highest BCUT2D eigenvalue weighted by molar-refractivity contribution is 7.92. The number of sulfone groups is 1. The normalized spacial score (nSPS) is 19.5. The molecule has 0 radical (unpaired) electrons. The summed E-state index contributed by atoms with van der Waals surface area (Å²) in [6, 6.07) is 8.11. The van der Waals surface area contributed by atoms with Crippen LogP contribution in [0.25, 0.3) is 6.08 Å². The Bertz CT molecular complexity index is 1060. The maximum Gasteiger partial charge on any atom is 0.233 e. The van der Waals surface area contributed by atoms with Gasteiger partial charge in [0.05, 0.1) is 16.2 Å². The number of hydrogen-bond acceptors (Lipinski definition) is 6. The number of rotatable bonds is 7. The largest absolute Gasteiger partial charge is 0.314 e. The van der Waals surface area contributed by atoms with Gasteiger partial charge in [0.15, 0.2) is 9.84 Å². The molecule has 1 aromatic heterocycles. The molecule has 0 aliphatic carbocycles. The van der Waals surface area contributed by atoms with E-state index in [-0.39, 0.29) is 17.9 Å². The monoisotopic (exact) mass is 443 g/mol. The fourth-order valence-corrected chi connectivity index (χ4v) is 6.10. The first-order valence-electron chi connectivity index (χ1n) is 10.3. The highest BCUT2D eigenvalue weighted by Crippen LogP contribution is 2.26. The van der Waals surface area contributed by atoms with E-state index in [1.54, 1.807) is 12.1 Å². The average molecular weight is 444 g/mol. The molecule has 2 heterocycles. The van der Waals surface area contributed by atoms with Gasteiger partial charge in [0.1, 0.15) is 0 Å². The van der Waals surface area contributed by atoms with Crippen LogP contribution in [0.3, 0.4) is 0 Å². The third-order valence-corrected chi connectivity index (χ3v) is 7.95. The standard InChI is InChI=1S/C23H29N3O4S/c1-4-5-21-17(3)25-16(2)12-19(21)13-18-6-8-20(9-7-18)31(29,30)23-10-11-24-14-22(23)26(28)15-27/h4-9,12,15,22-24,28H,10-11,13-14H2,1-3H3/b5-4-. The van der Waals surface area contributed by atoms with E-state index >= 15 is 0 Å². The lowest BCUT2D eigenvalue weighted by atomic mass is 9.98. The summed E-state index contributed by atoms with van der Waals surface area (Å²) in [5, 5.41) is 12.5. The Kier molecular flexibility index (Phi) is 7.25. The number of carbonyl (C=O) groups is 1. The molecule has 7 nitrogen and oxygen atoms in total. The second kappa shape index (κ2) is 9.72. The molecule has 2 N–H and O–H groups in total. The number of amides is 1. The highest BCUT2D eigenvalue weighted by Gasteiger charge is 2.39. The molecule has 166 valence electrons. The summed E-state index contributed by atoms with van der Waals surface area (Å²) in [6.07, 6.45) is 5.26. The van der Waals surface area contributed by atoms with E-state index in [0.29, 0.717) is 24.4 Å². The van der Waals surface area contributed by atoms with Gasteiger partial charge in [-0.25, -0.2) is 13.5 Å². The van der Waals surface area contributed by atoms with Gasteiger partial charge in [0.25, 0.3) is 0 Å². The second-order valence-electron chi connectivity index (χ2n) is 7.87. The lowest BCUT2D eigenvalue weighted by Gasteiger charge is -2.34. The predicted molar refractivity (Wildman–Crippen MR) is 120 cm³/mol. The van der Waals surface area contributed by atoms with Crippen molar-refractivity contribution in [1.82, 2.24) is 15.4 Å². The van der Waals surface area contributed by atoms with Gasteiger partial charge in [-0.15, -0.1) is 0 Å². The average Bonchev–Trinajstić information content (AvgIpc) is 2.76. The number of piperidine rings is 1. The van der Waals surface area contributed by atoms with E-state index in [2.05, 4.69) is 16.4 Å². The van der Waals surface area contributed by atoms with Gasteiger partial charge in [-0.05, 0) is 75.0 Å². The summed E-state index contributed by atoms with van der Waals surface area (Å²) in [7, 11) is -3.71. The summed E-state index contributed by atoms with van der Waals surface area (Å²) in [5.74, 6) is 0. The van der Waals surface area contributed by atoms with Gasteiger partial charge < -0.3 is 5.32 Å². The number of aromatic nitrogens is 1. The summed E-state index contributed by atoms with van der Waals surface area (Å²) >= 11 is 0. The SMILES string of the molecule is C/C=C\c1c(Cc2ccc(S(=O)(=O)C3CCNCC3N(O)C=O)cc2)cc(C)nc1C. The smallest absolute Gasteiger partial charge is 0.233 e. The molecule has 31 heavy (non-hydrogen) atoms. The fraction of sp³-hybridized carbons (Fsp3) is 0.391. The van der Waals surface area contributed by atoms with E-state index in [0.717, 1.165) is 28.1 Å². The number of nitrogens with one attached hydrogen (secondary N) is 1. The molecule has 1 amide bonds. The fourth-order valence-electron chi connectivity index (χ4n) is 4.17. The molecule has 0 bridgehead atoms. The van der Waals surface area contributed by atoms with Crippen molar-refractivity contribution >= 4 is 22.3 Å². The van der Waals surface area contributed by atoms with Crippen LogP contribution in [-0.2, 0) is 21.1 Å². The Hall–Kier alpha value is -2.55. The van der Waals surface area contributed by atoms with Crippen molar-refractivity contribution in [3.8, 4) is 0 Å². The number of carbonyl (C=O) groups excluding carboxylic acids is 1. The van der Waals surface area contributed by atoms with Gasteiger partial charge >= 0.3 is 0 Å². The number of aryl methyl sites for hydroxylation is 2. The van der Waals surface area contributed by atoms with Crippen molar-refractivity contribution in [1.29, 1.82) is 0 Å². The van der Waals surface area contributed by atoms with Crippen LogP contribution >= 0.6 is 0 Å². The van der Waals surface area contributed by atoms with Crippen LogP contribution in [0.4, 0.5) is 0 Å². The molecule has 1 aliphatic heterocycles. The molecule has 1 aromatic carbocycles. The highest BCUT2D eigenvalue weighted by atomic mass is 32.2. The van der Waals surface area contributed by atoms with Crippen molar-refractivity contribution < 1.29 is 18.4 Å². The van der Waals surface area contributed by atoms with Gasteiger partial charge in [-0.3, -0.25) is 15.0 Å². The van der Waals surface area contributed by atoms with Crippen LogP contribution < -0.4 is 5.32 Å². The van der Waals surface area contributed by atoms with Gasteiger partial charge in [0, 0.05) is 17.9 Å². The van der Waals surface area contributed by atoms with Crippen LogP contribution in [0.2, 0.25) is 0 Å². The van der Waals surface area contributed by atoms with Crippen molar-refractivity contribution in [3.05, 3.63) is 64.5 Å². The van der Waals surface area contributed by atoms with Crippen molar-refractivity contribution in [3.63, 3.8) is 0 Å². The summed E-state index contributed by atoms with van der Waals surface area (Å²) < 4.78 is 26.4. The maximum absolute atomic E-state index is 13.2. The minimum atomic E-state index is -3.71. The number of benzene rings is 1. The number of allylic oxidation sites excluding steroid dienone is 1. The Morgan fingerprint density at radius 1 is 1.26 bits per heavy atom. The molecular weight excluding hydrogens is 414 g/mol. The minimum absolute atomic E-state index is 0.197. The van der Waals surface area contributed by atoms with E-state index in [1.165, 1.54) is 0 Å². The molecule has 2 aromatic rings. The number of hydrogen-bond donors (Lipinski definition) is 2. The zero-order valence-corrected chi connectivity index (χ0v) is 18.9. The molecule has 1 saturated heterocycles. The van der Waals surface area contributed by atoms with E-state index < -0.39 is 21.1 Å². The Balaban J connectivity index is 1.87. The van der Waals surface area contributed by atoms with Crippen LogP contribution in [0.1, 0.15) is 41.4 Å². The number of pyridine rings is 1. The van der Waals surface area contributed by atoms with E-state index in [1.807, 2.05) is 45.1 Å². The van der Waals surface area contributed by atoms with E-state index in [4.69, 9.17) is 0 Å². The zero-order valence-electron chi connectivity index (χ0n) is 18.1. The molecular formula is C23H29N3O4S. The Morgan fingerprint density at radius 2 is 1.97 bits per heavy atom. The maximum atomic E-state index is 13.2. The summed E-state index contributed by atoms with van der Waals surface area (Å²) in [6.45, 7) is 6.66. The van der Waals surface area contributed by atoms with Crippen LogP contribution in [0.5, 0.6) is 0 Å². The van der Waals surface area contributed by atoms with Crippen LogP contribution in [0.15, 0.2) is 41.3 Å². The molecule has 1 fully saturated rings. The van der Waals surface area contributed by atoms with Crippen molar-refractivity contribution in [2.75, 3.05) is 13.1 Å². The molecule has 2 unspecified atom stereocenters. The lowest BCUT2D eigenvalue weighted by molar-refractivity contribution is -0.161. The Morgan fingerprint density at radius 3 is 2.61 bits per heavy atom. The molecule has 2 atom stereocenters. The van der Waals surface area contributed by atoms with Gasteiger partial charge in [-0.2, -0.15) is 0 Å². The molecule has 0 spiro atoms. The first-order chi connectivity index (χ1) is 14.8. The molecule has 8 heteroatoms. The second-order valence-corrected chi connectivity index (χ2v) is 10.0. The van der Waals surface area contributed by atoms with Crippen LogP contribution in [-0.4, -0.2) is 54.5 Å². The Labute approximate surface area is 183 Å². The first kappa shape index (κ1) is 23.1. The van der Waals surface area contributed by atoms with Crippen molar-refractivity contribution in [2.45, 2.75) is 49.8 Å². The quantitative estimate of drug-likeness (QED) is 0.388. The van der Waals surface area contributed by atoms with E-state index in [9.17, 15) is 18.4 Å². The van der Waals surface area contributed by atoms with Gasteiger partial charge in [0.2, 0.25) is 6.41 Å². The number of hydroxylamine groups is 2. The minimum Gasteiger partial charge on any atom is -0.314 e. The third-order valence-electron chi connectivity index (χ3n) is 5.68. The van der Waals surface area contributed by atoms with Crippen LogP contribution in [0, 0.1) is 13.8 Å². The molecule has 1 aliphatic rings. The summed E-state index contributed by atoms with van der Waals surface area (Å²) in [4.78, 5) is 15.7. The van der Waals surface area contributed by atoms with Gasteiger partial charge in [-0.1, -0.05) is 24.3 Å². The number of nitrogens with zero attached hydrogens (tertiary/aromatic N) is 2. The summed E-state index contributed by atoms with van der Waals surface area (Å²) in [5.41, 5.74) is 5.13. The molecule has 3 rings (SSSR count). The predicted octanol–water partition coefficient (Wildman–Crippen LogP) is 2.67. The molecule has 0 saturated carbocycles. The lowest BCUT2D eigenvalue weighted by Crippen LogP contribution is -2.55.